The van der Waals surface area contributed by atoms with Gasteiger partial charge in [-0.2, -0.15) is 5.10 Å². The Balaban J connectivity index is 2.44. The molecule has 104 valence electrons. The van der Waals surface area contributed by atoms with Gasteiger partial charge in [-0.05, 0) is 34.1 Å². The summed E-state index contributed by atoms with van der Waals surface area (Å²) in [4.78, 5) is 14.3. The summed E-state index contributed by atoms with van der Waals surface area (Å²) in [6.07, 6.45) is 2.56. The molecule has 2 N–H and O–H groups in total. The molecule has 2 aromatic rings. The van der Waals surface area contributed by atoms with Crippen LogP contribution in [0.3, 0.4) is 0 Å². The van der Waals surface area contributed by atoms with E-state index in [0.717, 1.165) is 6.07 Å². The minimum atomic E-state index is -4.03. The van der Waals surface area contributed by atoms with Crippen molar-refractivity contribution in [3.8, 4) is 0 Å². The minimum Gasteiger partial charge on any atom is -0.478 e. The Morgan fingerprint density at radius 1 is 1.30 bits per heavy atom. The number of sulfonamides is 1. The second-order valence-corrected chi connectivity index (χ2v) is 6.03. The summed E-state index contributed by atoms with van der Waals surface area (Å²) in [5.74, 6) is -1.44. The third kappa shape index (κ3) is 3.08. The summed E-state index contributed by atoms with van der Waals surface area (Å²) in [5.41, 5.74) is -0.152. The number of carbonyl (C=O) groups is 1. The Morgan fingerprint density at radius 3 is 2.65 bits per heavy atom. The molecule has 8 nitrogen and oxygen atoms in total. The van der Waals surface area contributed by atoms with Crippen molar-refractivity contribution in [3.05, 3.63) is 40.6 Å². The maximum Gasteiger partial charge on any atom is 0.335 e. The van der Waals surface area contributed by atoms with Gasteiger partial charge in [-0.3, -0.25) is 0 Å². The molecule has 0 saturated carbocycles. The van der Waals surface area contributed by atoms with Crippen LogP contribution < -0.4 is 4.72 Å². The fraction of sp³-hybridized carbons (Fsp3) is 0. The number of aromatic carboxylic acids is 1. The number of rotatable bonds is 4. The molecule has 0 spiro atoms. The molecule has 0 fully saturated rings. The molecule has 1 aromatic carbocycles. The van der Waals surface area contributed by atoms with Gasteiger partial charge in [0, 0.05) is 4.47 Å². The van der Waals surface area contributed by atoms with E-state index in [0.29, 0.717) is 0 Å². The predicted octanol–water partition coefficient (Wildman–Crippen LogP) is 1.13. The predicted molar refractivity (Wildman–Crippen MR) is 71.7 cm³/mol. The average molecular weight is 359 g/mol. The van der Waals surface area contributed by atoms with E-state index in [4.69, 9.17) is 5.11 Å². The van der Waals surface area contributed by atoms with Crippen molar-refractivity contribution in [1.82, 2.24) is 15.2 Å². The van der Waals surface area contributed by atoms with Crippen LogP contribution in [0.15, 0.2) is 40.0 Å². The SMILES string of the molecule is O=C(O)c1ccc(Br)c(S(=O)(=O)Nc2nccnn2)c1. The standard InChI is InChI=1S/C10H7BrN4O4S/c11-7-2-1-6(9(16)17)5-8(7)20(18,19)15-10-12-3-4-13-14-10/h1-5H,(H,16,17)(H,12,14,15). The number of hydrogen-bond acceptors (Lipinski definition) is 6. The first kappa shape index (κ1) is 14.3. The highest BCUT2D eigenvalue weighted by atomic mass is 79.9. The molecule has 0 aliphatic rings. The lowest BCUT2D eigenvalue weighted by atomic mass is 10.2. The van der Waals surface area contributed by atoms with Gasteiger partial charge in [0.05, 0.1) is 18.0 Å². The van der Waals surface area contributed by atoms with Crippen molar-refractivity contribution in [2.45, 2.75) is 4.90 Å². The Morgan fingerprint density at radius 2 is 2.05 bits per heavy atom. The zero-order chi connectivity index (χ0) is 14.8. The molecule has 2 rings (SSSR count). The Hall–Kier alpha value is -2.07. The van der Waals surface area contributed by atoms with Crippen molar-refractivity contribution in [1.29, 1.82) is 0 Å². The number of carboxylic acid groups (broad SMARTS) is 1. The molecule has 0 saturated heterocycles. The molecule has 1 heterocycles. The van der Waals surface area contributed by atoms with Crippen LogP contribution in [-0.4, -0.2) is 34.7 Å². The molecule has 1 aromatic heterocycles. The molecular weight excluding hydrogens is 352 g/mol. The lowest BCUT2D eigenvalue weighted by molar-refractivity contribution is 0.0696. The molecule has 0 unspecified atom stereocenters. The highest BCUT2D eigenvalue weighted by Crippen LogP contribution is 2.24. The normalized spacial score (nSPS) is 11.1. The van der Waals surface area contributed by atoms with Crippen molar-refractivity contribution in [2.24, 2.45) is 0 Å². The Bertz CT molecular complexity index is 751. The Labute approximate surface area is 122 Å². The number of halogens is 1. The number of carboxylic acids is 1. The largest absolute Gasteiger partial charge is 0.478 e. The number of anilines is 1. The second-order valence-electron chi connectivity index (χ2n) is 3.52. The molecule has 0 radical (unpaired) electrons. The van der Waals surface area contributed by atoms with E-state index in [1.165, 1.54) is 24.5 Å². The lowest BCUT2D eigenvalue weighted by Crippen LogP contribution is -2.16. The molecular formula is C10H7BrN4O4S. The van der Waals surface area contributed by atoms with Gasteiger partial charge >= 0.3 is 5.97 Å². The van der Waals surface area contributed by atoms with E-state index < -0.39 is 16.0 Å². The molecule has 0 aliphatic heterocycles. The van der Waals surface area contributed by atoms with Gasteiger partial charge in [-0.1, -0.05) is 0 Å². The van der Waals surface area contributed by atoms with E-state index in [1.807, 2.05) is 0 Å². The van der Waals surface area contributed by atoms with E-state index in [9.17, 15) is 13.2 Å². The van der Waals surface area contributed by atoms with Crippen molar-refractivity contribution in [3.63, 3.8) is 0 Å². The molecule has 0 aliphatic carbocycles. The van der Waals surface area contributed by atoms with Gasteiger partial charge in [0.25, 0.3) is 16.0 Å². The fourth-order valence-corrected chi connectivity index (χ4v) is 3.25. The number of benzene rings is 1. The number of hydrogen-bond donors (Lipinski definition) is 2. The third-order valence-electron chi connectivity index (χ3n) is 2.18. The summed E-state index contributed by atoms with van der Waals surface area (Å²) in [6, 6.07) is 3.65. The topological polar surface area (TPSA) is 122 Å². The summed E-state index contributed by atoms with van der Waals surface area (Å²) in [7, 11) is -4.03. The fourth-order valence-electron chi connectivity index (χ4n) is 1.31. The first-order valence-corrected chi connectivity index (χ1v) is 7.37. The maximum absolute atomic E-state index is 12.2. The average Bonchev–Trinajstić information content (AvgIpc) is 2.39. The second kappa shape index (κ2) is 5.51. The van der Waals surface area contributed by atoms with Gasteiger partial charge in [0.2, 0.25) is 0 Å². The van der Waals surface area contributed by atoms with E-state index in [-0.39, 0.29) is 20.9 Å². The van der Waals surface area contributed by atoms with Crippen LogP contribution >= 0.6 is 15.9 Å². The third-order valence-corrected chi connectivity index (χ3v) is 4.50. The van der Waals surface area contributed by atoms with Gasteiger partial charge in [0.15, 0.2) is 0 Å². The van der Waals surface area contributed by atoms with Gasteiger partial charge in [-0.25, -0.2) is 22.9 Å². The highest BCUT2D eigenvalue weighted by molar-refractivity contribution is 9.10. The number of aromatic nitrogens is 3. The lowest BCUT2D eigenvalue weighted by Gasteiger charge is -2.08. The van der Waals surface area contributed by atoms with E-state index >= 15 is 0 Å². The molecule has 0 bridgehead atoms. The summed E-state index contributed by atoms with van der Waals surface area (Å²) < 4.78 is 26.6. The molecule has 10 heteroatoms. The van der Waals surface area contributed by atoms with E-state index in [1.54, 1.807) is 0 Å². The smallest absolute Gasteiger partial charge is 0.335 e. The van der Waals surface area contributed by atoms with Gasteiger partial charge in [0.1, 0.15) is 4.90 Å². The van der Waals surface area contributed by atoms with E-state index in [2.05, 4.69) is 35.8 Å². The van der Waals surface area contributed by atoms with Crippen molar-refractivity contribution in [2.75, 3.05) is 4.72 Å². The van der Waals surface area contributed by atoms with Crippen LogP contribution in [0.4, 0.5) is 5.95 Å². The monoisotopic (exact) mass is 358 g/mol. The number of nitrogens with one attached hydrogen (secondary N) is 1. The molecule has 0 amide bonds. The first-order chi connectivity index (χ1) is 9.40. The summed E-state index contributed by atoms with van der Waals surface area (Å²) in [5, 5.41) is 15.9. The minimum absolute atomic E-state index is 0.152. The van der Waals surface area contributed by atoms with Crippen LogP contribution in [-0.2, 0) is 10.0 Å². The van der Waals surface area contributed by atoms with Gasteiger partial charge < -0.3 is 5.11 Å². The van der Waals surface area contributed by atoms with Crippen LogP contribution in [0, 0.1) is 0 Å². The summed E-state index contributed by atoms with van der Waals surface area (Å²) >= 11 is 3.06. The van der Waals surface area contributed by atoms with Crippen LogP contribution in [0.1, 0.15) is 10.4 Å². The summed E-state index contributed by atoms with van der Waals surface area (Å²) in [6.45, 7) is 0. The van der Waals surface area contributed by atoms with Crippen LogP contribution in [0.2, 0.25) is 0 Å². The van der Waals surface area contributed by atoms with Gasteiger partial charge in [-0.15, -0.1) is 5.10 Å². The highest BCUT2D eigenvalue weighted by Gasteiger charge is 2.21. The number of nitrogens with zero attached hydrogens (tertiary/aromatic N) is 3. The zero-order valence-corrected chi connectivity index (χ0v) is 12.1. The molecule has 20 heavy (non-hydrogen) atoms. The maximum atomic E-state index is 12.2. The van der Waals surface area contributed by atoms with Crippen LogP contribution in [0.5, 0.6) is 0 Å². The Kier molecular flexibility index (Phi) is 3.95. The molecule has 0 atom stereocenters. The quantitative estimate of drug-likeness (QED) is 0.839. The van der Waals surface area contributed by atoms with Crippen molar-refractivity contribution < 1.29 is 18.3 Å². The first-order valence-electron chi connectivity index (χ1n) is 5.09. The zero-order valence-electron chi connectivity index (χ0n) is 9.69. The van der Waals surface area contributed by atoms with Crippen LogP contribution in [0.25, 0.3) is 0 Å². The van der Waals surface area contributed by atoms with Crippen molar-refractivity contribution >= 4 is 37.9 Å².